The van der Waals surface area contributed by atoms with E-state index >= 15 is 0 Å². The van der Waals surface area contributed by atoms with Crippen molar-refractivity contribution in [2.45, 2.75) is 52.1 Å². The van der Waals surface area contributed by atoms with Crippen LogP contribution in [0.1, 0.15) is 44.9 Å². The van der Waals surface area contributed by atoms with Crippen LogP contribution in [-0.4, -0.2) is 54.6 Å². The van der Waals surface area contributed by atoms with Gasteiger partial charge in [-0.25, -0.2) is 4.79 Å². The number of nitrogens with zero attached hydrogens (tertiary/aromatic N) is 1. The van der Waals surface area contributed by atoms with Crippen molar-refractivity contribution in [2.24, 2.45) is 5.92 Å². The van der Waals surface area contributed by atoms with Crippen LogP contribution in [0.3, 0.4) is 0 Å². The van der Waals surface area contributed by atoms with E-state index < -0.39 is 11.7 Å². The van der Waals surface area contributed by atoms with Gasteiger partial charge in [-0.2, -0.15) is 0 Å². The van der Waals surface area contributed by atoms with Gasteiger partial charge in [0, 0.05) is 37.5 Å². The molecular weight excluding hydrogens is 378 g/mol. The predicted molar refractivity (Wildman–Crippen MR) is 109 cm³/mol. The van der Waals surface area contributed by atoms with Crippen molar-refractivity contribution in [3.05, 3.63) is 22.4 Å². The Morgan fingerprint density at radius 3 is 2.54 bits per heavy atom. The lowest BCUT2D eigenvalue weighted by Gasteiger charge is -2.32. The second kappa shape index (κ2) is 10.5. The molecule has 1 fully saturated rings. The Labute approximate surface area is 170 Å². The molecule has 156 valence electrons. The Kier molecular flexibility index (Phi) is 8.29. The third kappa shape index (κ3) is 8.29. The van der Waals surface area contributed by atoms with Crippen LogP contribution in [0.2, 0.25) is 0 Å². The van der Waals surface area contributed by atoms with Gasteiger partial charge in [0.05, 0.1) is 6.42 Å². The highest BCUT2D eigenvalue weighted by molar-refractivity contribution is 7.10. The predicted octanol–water partition coefficient (Wildman–Crippen LogP) is 2.56. The fourth-order valence-corrected chi connectivity index (χ4v) is 3.73. The standard InChI is InChI=1S/C20H31N3O4S/c1-20(2,3)27-19(26)21-9-6-18(25)23-10-7-15(8-11-23)14-22-17(24)13-16-5-4-12-28-16/h4-5,12,15H,6-11,13-14H2,1-3H3,(H,21,26)(H,22,24). The molecule has 3 amide bonds. The summed E-state index contributed by atoms with van der Waals surface area (Å²) < 4.78 is 5.15. The SMILES string of the molecule is CC(C)(C)OC(=O)NCCC(=O)N1CCC(CNC(=O)Cc2cccs2)CC1. The summed E-state index contributed by atoms with van der Waals surface area (Å²) in [5.41, 5.74) is -0.546. The third-order valence-electron chi connectivity index (χ3n) is 4.48. The number of amides is 3. The van der Waals surface area contributed by atoms with Gasteiger partial charge in [0.15, 0.2) is 0 Å². The minimum atomic E-state index is -0.546. The molecule has 0 bridgehead atoms. The van der Waals surface area contributed by atoms with Crippen molar-refractivity contribution in [3.8, 4) is 0 Å². The van der Waals surface area contributed by atoms with Crippen LogP contribution < -0.4 is 10.6 Å². The Morgan fingerprint density at radius 2 is 1.93 bits per heavy atom. The highest BCUT2D eigenvalue weighted by atomic mass is 32.1. The number of rotatable bonds is 7. The maximum absolute atomic E-state index is 12.3. The number of hydrogen-bond donors (Lipinski definition) is 2. The summed E-state index contributed by atoms with van der Waals surface area (Å²) >= 11 is 1.59. The van der Waals surface area contributed by atoms with E-state index in [9.17, 15) is 14.4 Å². The number of ether oxygens (including phenoxy) is 1. The molecule has 0 aromatic carbocycles. The average molecular weight is 410 g/mol. The fraction of sp³-hybridized carbons (Fsp3) is 0.650. The van der Waals surface area contributed by atoms with Gasteiger partial charge < -0.3 is 20.3 Å². The number of carbonyl (C=O) groups is 3. The lowest BCUT2D eigenvalue weighted by atomic mass is 9.96. The van der Waals surface area contributed by atoms with Crippen molar-refractivity contribution in [1.82, 2.24) is 15.5 Å². The summed E-state index contributed by atoms with van der Waals surface area (Å²) in [7, 11) is 0. The molecule has 0 radical (unpaired) electrons. The molecule has 0 atom stereocenters. The topological polar surface area (TPSA) is 87.7 Å². The normalized spacial score (nSPS) is 15.2. The monoisotopic (exact) mass is 409 g/mol. The first kappa shape index (κ1) is 22.2. The highest BCUT2D eigenvalue weighted by Gasteiger charge is 2.23. The Bertz CT molecular complexity index is 647. The molecule has 0 aliphatic carbocycles. The van der Waals surface area contributed by atoms with Gasteiger partial charge in [0.2, 0.25) is 11.8 Å². The molecule has 1 aromatic rings. The zero-order chi connectivity index (χ0) is 20.6. The quantitative estimate of drug-likeness (QED) is 0.724. The number of piperidine rings is 1. The minimum Gasteiger partial charge on any atom is -0.444 e. The Morgan fingerprint density at radius 1 is 1.21 bits per heavy atom. The second-order valence-corrected chi connectivity index (χ2v) is 9.10. The van der Waals surface area contributed by atoms with E-state index in [4.69, 9.17) is 4.74 Å². The lowest BCUT2D eigenvalue weighted by Crippen LogP contribution is -2.43. The first-order valence-electron chi connectivity index (χ1n) is 9.76. The van der Waals surface area contributed by atoms with E-state index in [0.29, 0.717) is 32.0 Å². The van der Waals surface area contributed by atoms with Crippen LogP contribution in [0.5, 0.6) is 0 Å². The minimum absolute atomic E-state index is 0.0382. The number of hydrogen-bond acceptors (Lipinski definition) is 5. The highest BCUT2D eigenvalue weighted by Crippen LogP contribution is 2.17. The summed E-state index contributed by atoms with van der Waals surface area (Å²) in [5.74, 6) is 0.488. The molecule has 1 saturated heterocycles. The van der Waals surface area contributed by atoms with Crippen molar-refractivity contribution in [3.63, 3.8) is 0 Å². The van der Waals surface area contributed by atoms with Crippen molar-refractivity contribution < 1.29 is 19.1 Å². The van der Waals surface area contributed by atoms with Gasteiger partial charge in [-0.3, -0.25) is 9.59 Å². The molecule has 0 spiro atoms. The van der Waals surface area contributed by atoms with Crippen molar-refractivity contribution in [2.75, 3.05) is 26.2 Å². The van der Waals surface area contributed by atoms with Crippen LogP contribution >= 0.6 is 11.3 Å². The van der Waals surface area contributed by atoms with E-state index in [1.165, 1.54) is 0 Å². The van der Waals surface area contributed by atoms with E-state index in [2.05, 4.69) is 10.6 Å². The van der Waals surface area contributed by atoms with Gasteiger partial charge in [-0.1, -0.05) is 6.07 Å². The zero-order valence-electron chi connectivity index (χ0n) is 17.0. The molecule has 2 rings (SSSR count). The molecule has 2 heterocycles. The Hall–Kier alpha value is -2.09. The number of carbonyl (C=O) groups excluding carboxylic acids is 3. The Balaban J connectivity index is 1.58. The molecule has 1 aliphatic heterocycles. The van der Waals surface area contributed by atoms with Crippen LogP contribution in [0.25, 0.3) is 0 Å². The third-order valence-corrected chi connectivity index (χ3v) is 5.35. The molecule has 0 unspecified atom stereocenters. The van der Waals surface area contributed by atoms with Gasteiger partial charge >= 0.3 is 6.09 Å². The molecule has 0 saturated carbocycles. The van der Waals surface area contributed by atoms with Crippen molar-refractivity contribution in [1.29, 1.82) is 0 Å². The fourth-order valence-electron chi connectivity index (χ4n) is 3.02. The number of nitrogens with one attached hydrogen (secondary N) is 2. The summed E-state index contributed by atoms with van der Waals surface area (Å²) in [5, 5.41) is 7.59. The van der Waals surface area contributed by atoms with Gasteiger partial charge in [-0.15, -0.1) is 11.3 Å². The molecule has 28 heavy (non-hydrogen) atoms. The van der Waals surface area contributed by atoms with Crippen LogP contribution in [0.15, 0.2) is 17.5 Å². The molecule has 7 nitrogen and oxygen atoms in total. The number of thiophene rings is 1. The molecule has 2 N–H and O–H groups in total. The van der Waals surface area contributed by atoms with Crippen molar-refractivity contribution >= 4 is 29.2 Å². The number of likely N-dealkylation sites (tertiary alicyclic amines) is 1. The lowest BCUT2D eigenvalue weighted by molar-refractivity contribution is -0.132. The van der Waals surface area contributed by atoms with E-state index in [1.807, 2.05) is 22.4 Å². The summed E-state index contributed by atoms with van der Waals surface area (Å²) in [6.07, 6.45) is 1.95. The van der Waals surface area contributed by atoms with E-state index in [1.54, 1.807) is 32.1 Å². The smallest absolute Gasteiger partial charge is 0.407 e. The maximum Gasteiger partial charge on any atom is 0.407 e. The van der Waals surface area contributed by atoms with Crippen LogP contribution in [0.4, 0.5) is 4.79 Å². The van der Waals surface area contributed by atoms with Crippen LogP contribution in [-0.2, 0) is 20.7 Å². The molecule has 8 heteroatoms. The average Bonchev–Trinajstić information content (AvgIpc) is 3.11. The van der Waals surface area contributed by atoms with Gasteiger partial charge in [0.1, 0.15) is 5.60 Å². The summed E-state index contributed by atoms with van der Waals surface area (Å²) in [6, 6.07) is 3.91. The first-order chi connectivity index (χ1) is 13.2. The molecule has 1 aliphatic rings. The zero-order valence-corrected chi connectivity index (χ0v) is 17.8. The maximum atomic E-state index is 12.3. The first-order valence-corrected chi connectivity index (χ1v) is 10.6. The largest absolute Gasteiger partial charge is 0.444 e. The van der Waals surface area contributed by atoms with Gasteiger partial charge in [-0.05, 0) is 51.0 Å². The van der Waals surface area contributed by atoms with E-state index in [0.717, 1.165) is 17.7 Å². The number of alkyl carbamates (subject to hydrolysis) is 1. The van der Waals surface area contributed by atoms with E-state index in [-0.39, 0.29) is 24.8 Å². The molecular formula is C20H31N3O4S. The summed E-state index contributed by atoms with van der Waals surface area (Å²) in [4.78, 5) is 38.7. The molecule has 1 aromatic heterocycles. The second-order valence-electron chi connectivity index (χ2n) is 8.06. The van der Waals surface area contributed by atoms with Crippen LogP contribution in [0, 0.1) is 5.92 Å². The summed E-state index contributed by atoms with van der Waals surface area (Å²) in [6.45, 7) is 7.71. The van der Waals surface area contributed by atoms with Gasteiger partial charge in [0.25, 0.3) is 0 Å².